The van der Waals surface area contributed by atoms with Crippen molar-refractivity contribution in [1.29, 1.82) is 0 Å². The molecule has 3 aromatic rings. The number of ether oxygens (including phenoxy) is 1. The minimum absolute atomic E-state index is 0.0323. The molecule has 0 fully saturated rings. The maximum Gasteiger partial charge on any atom is 0.134 e. The van der Waals surface area contributed by atoms with Crippen LogP contribution in [0.1, 0.15) is 67.2 Å². The number of hydrogen-bond acceptors (Lipinski definition) is 1. The van der Waals surface area contributed by atoms with E-state index >= 15 is 4.39 Å². The van der Waals surface area contributed by atoms with Crippen molar-refractivity contribution in [3.05, 3.63) is 89.3 Å². The molecule has 31 heavy (non-hydrogen) atoms. The van der Waals surface area contributed by atoms with Crippen molar-refractivity contribution in [2.24, 2.45) is 0 Å². The summed E-state index contributed by atoms with van der Waals surface area (Å²) < 4.78 is 21.3. The van der Waals surface area contributed by atoms with E-state index in [0.717, 1.165) is 67.2 Å². The van der Waals surface area contributed by atoms with Gasteiger partial charge in [0.1, 0.15) is 11.6 Å². The van der Waals surface area contributed by atoms with Crippen LogP contribution in [0.2, 0.25) is 0 Å². The fourth-order valence-electron chi connectivity index (χ4n) is 4.71. The minimum Gasteiger partial charge on any atom is -0.494 e. The molecule has 0 aromatic heterocycles. The Balaban J connectivity index is 1.49. The van der Waals surface area contributed by atoms with Crippen LogP contribution in [0.15, 0.2) is 61.2 Å². The predicted molar refractivity (Wildman–Crippen MR) is 129 cm³/mol. The van der Waals surface area contributed by atoms with Gasteiger partial charge in [-0.1, -0.05) is 55.8 Å². The molecule has 0 spiro atoms. The van der Waals surface area contributed by atoms with Crippen molar-refractivity contribution in [3.8, 4) is 5.75 Å². The van der Waals surface area contributed by atoms with Crippen LogP contribution in [-0.4, -0.2) is 6.61 Å². The zero-order valence-corrected chi connectivity index (χ0v) is 18.6. The van der Waals surface area contributed by atoms with Gasteiger partial charge in [-0.15, -0.1) is 6.58 Å². The lowest BCUT2D eigenvalue weighted by atomic mass is 9.79. The topological polar surface area (TPSA) is 9.23 Å². The lowest BCUT2D eigenvalue weighted by Gasteiger charge is -2.26. The van der Waals surface area contributed by atoms with Crippen molar-refractivity contribution in [2.75, 3.05) is 6.61 Å². The lowest BCUT2D eigenvalue weighted by Crippen LogP contribution is -2.14. The molecule has 0 aliphatic heterocycles. The first kappa shape index (κ1) is 21.6. The van der Waals surface area contributed by atoms with Crippen LogP contribution in [0, 0.1) is 5.82 Å². The minimum atomic E-state index is -0.0323. The van der Waals surface area contributed by atoms with Crippen molar-refractivity contribution >= 4 is 10.8 Å². The van der Waals surface area contributed by atoms with Gasteiger partial charge in [-0.2, -0.15) is 0 Å². The van der Waals surface area contributed by atoms with Gasteiger partial charge in [-0.3, -0.25) is 0 Å². The van der Waals surface area contributed by atoms with Gasteiger partial charge in [0.05, 0.1) is 6.61 Å². The summed E-state index contributed by atoms with van der Waals surface area (Å²) in [5.74, 6) is 1.14. The van der Waals surface area contributed by atoms with Gasteiger partial charge >= 0.3 is 0 Å². The highest BCUT2D eigenvalue weighted by atomic mass is 19.1. The standard InChI is InChI=1S/C29H33FO/c1-3-5-7-17-31-26-14-12-22-19-25(11-10-23(22)20-26)28-16-13-24-18-21(8-6-4-2)9-15-27(24)29(28)30/h3,9,12-16,18,20,25H,1,4-8,10-11,17,19H2,2H3. The Hall–Kier alpha value is -2.61. The number of benzene rings is 3. The molecule has 0 heterocycles. The van der Waals surface area contributed by atoms with Gasteiger partial charge < -0.3 is 4.74 Å². The van der Waals surface area contributed by atoms with Crippen LogP contribution in [0.4, 0.5) is 4.39 Å². The molecule has 4 rings (SSSR count). The molecule has 0 radical (unpaired) electrons. The molecule has 1 aliphatic carbocycles. The third-order valence-electron chi connectivity index (χ3n) is 6.53. The SMILES string of the molecule is C=CCCCOc1ccc2c(c1)CCC(c1ccc3cc(CCCC)ccc3c1F)C2. The van der Waals surface area contributed by atoms with Crippen molar-refractivity contribution in [1.82, 2.24) is 0 Å². The van der Waals surface area contributed by atoms with E-state index in [-0.39, 0.29) is 11.7 Å². The van der Waals surface area contributed by atoms with Gasteiger partial charge in [0.15, 0.2) is 0 Å². The number of allylic oxidation sites excluding steroid dienone is 1. The summed E-state index contributed by atoms with van der Waals surface area (Å²) in [6.45, 7) is 6.67. The molecule has 0 amide bonds. The average Bonchev–Trinajstić information content (AvgIpc) is 2.80. The van der Waals surface area contributed by atoms with Crippen LogP contribution >= 0.6 is 0 Å². The number of rotatable bonds is 9. The Kier molecular flexibility index (Phi) is 7.06. The van der Waals surface area contributed by atoms with Gasteiger partial charge in [0.25, 0.3) is 0 Å². The van der Waals surface area contributed by atoms with E-state index < -0.39 is 0 Å². The zero-order valence-electron chi connectivity index (χ0n) is 18.6. The second kappa shape index (κ2) is 10.1. The lowest BCUT2D eigenvalue weighted by molar-refractivity contribution is 0.311. The van der Waals surface area contributed by atoms with Crippen LogP contribution in [0.5, 0.6) is 5.75 Å². The van der Waals surface area contributed by atoms with E-state index in [4.69, 9.17) is 4.74 Å². The summed E-state index contributed by atoms with van der Waals surface area (Å²) in [7, 11) is 0. The highest BCUT2D eigenvalue weighted by Crippen LogP contribution is 2.37. The van der Waals surface area contributed by atoms with E-state index in [1.165, 1.54) is 29.5 Å². The molecule has 162 valence electrons. The number of unbranched alkanes of at least 4 members (excludes halogenated alkanes) is 2. The normalized spacial score (nSPS) is 15.6. The summed E-state index contributed by atoms with van der Waals surface area (Å²) in [5, 5.41) is 1.77. The maximum atomic E-state index is 15.5. The zero-order chi connectivity index (χ0) is 21.6. The highest BCUT2D eigenvalue weighted by molar-refractivity contribution is 5.84. The first-order valence-corrected chi connectivity index (χ1v) is 11.8. The van der Waals surface area contributed by atoms with Gasteiger partial charge in [0, 0.05) is 5.39 Å². The molecule has 0 bridgehead atoms. The molecular weight excluding hydrogens is 383 g/mol. The molecule has 0 saturated carbocycles. The molecule has 2 heteroatoms. The summed E-state index contributed by atoms with van der Waals surface area (Å²) in [5.41, 5.74) is 4.84. The number of fused-ring (bicyclic) bond motifs is 2. The Labute approximate surface area is 185 Å². The average molecular weight is 417 g/mol. The van der Waals surface area contributed by atoms with E-state index in [2.05, 4.69) is 49.9 Å². The molecular formula is C29H33FO. The first-order chi connectivity index (χ1) is 15.2. The Morgan fingerprint density at radius 3 is 2.81 bits per heavy atom. The summed E-state index contributed by atoms with van der Waals surface area (Å²) in [6.07, 6.45) is 10.1. The Morgan fingerprint density at radius 1 is 1.06 bits per heavy atom. The predicted octanol–water partition coefficient (Wildman–Crippen LogP) is 7.94. The van der Waals surface area contributed by atoms with Crippen LogP contribution in [0.25, 0.3) is 10.8 Å². The van der Waals surface area contributed by atoms with E-state index in [0.29, 0.717) is 0 Å². The first-order valence-electron chi connectivity index (χ1n) is 11.8. The Morgan fingerprint density at radius 2 is 1.97 bits per heavy atom. The monoisotopic (exact) mass is 416 g/mol. The molecule has 3 aromatic carbocycles. The summed E-state index contributed by atoms with van der Waals surface area (Å²) in [6, 6.07) is 16.8. The summed E-state index contributed by atoms with van der Waals surface area (Å²) in [4.78, 5) is 0. The number of aryl methyl sites for hydroxylation is 2. The van der Waals surface area contributed by atoms with Crippen LogP contribution in [0.3, 0.4) is 0 Å². The fraction of sp³-hybridized carbons (Fsp3) is 0.379. The van der Waals surface area contributed by atoms with E-state index in [1.54, 1.807) is 0 Å². The quantitative estimate of drug-likeness (QED) is 0.254. The van der Waals surface area contributed by atoms with Crippen molar-refractivity contribution in [2.45, 2.75) is 64.2 Å². The number of hydrogen-bond donors (Lipinski definition) is 0. The molecule has 0 N–H and O–H groups in total. The fourth-order valence-corrected chi connectivity index (χ4v) is 4.71. The molecule has 1 aliphatic rings. The third-order valence-corrected chi connectivity index (χ3v) is 6.53. The molecule has 1 atom stereocenters. The van der Waals surface area contributed by atoms with E-state index in [9.17, 15) is 0 Å². The highest BCUT2D eigenvalue weighted by Gasteiger charge is 2.24. The van der Waals surface area contributed by atoms with Crippen LogP contribution in [-0.2, 0) is 19.3 Å². The van der Waals surface area contributed by atoms with Gasteiger partial charge in [0.2, 0.25) is 0 Å². The molecule has 0 saturated heterocycles. The van der Waals surface area contributed by atoms with E-state index in [1.807, 2.05) is 18.2 Å². The second-order valence-corrected chi connectivity index (χ2v) is 8.78. The smallest absolute Gasteiger partial charge is 0.134 e. The Bertz CT molecular complexity index is 1050. The van der Waals surface area contributed by atoms with Crippen LogP contribution < -0.4 is 4.74 Å². The summed E-state index contributed by atoms with van der Waals surface area (Å²) >= 11 is 0. The van der Waals surface area contributed by atoms with Crippen molar-refractivity contribution < 1.29 is 9.13 Å². The van der Waals surface area contributed by atoms with Gasteiger partial charge in [-0.05, 0) is 90.6 Å². The second-order valence-electron chi connectivity index (χ2n) is 8.78. The largest absolute Gasteiger partial charge is 0.494 e. The third kappa shape index (κ3) is 5.01. The molecule has 1 unspecified atom stereocenters. The maximum absolute atomic E-state index is 15.5. The molecule has 1 nitrogen and oxygen atoms in total. The van der Waals surface area contributed by atoms with Gasteiger partial charge in [-0.25, -0.2) is 4.39 Å². The van der Waals surface area contributed by atoms with Crippen molar-refractivity contribution in [3.63, 3.8) is 0 Å². The number of halogens is 1.